The Morgan fingerprint density at radius 1 is 1.41 bits per heavy atom. The SMILES string of the molecule is [2H]C([2H])(O[P@@](=O)(C[C@@H](C)C(=O)OC(C)C)Oc1ccccc1)[C@H]1O[C@@H](n2cnc(N)nc2=O)C(Cl)(C#CCF)[C@H]1O. The smallest absolute Gasteiger partial charge is 0.380 e. The highest BCUT2D eigenvalue weighted by Crippen LogP contribution is 2.51. The zero-order valence-electron chi connectivity index (χ0n) is 23.2. The van der Waals surface area contributed by atoms with Crippen molar-refractivity contribution in [3.63, 3.8) is 0 Å². The second kappa shape index (κ2) is 12.9. The van der Waals surface area contributed by atoms with Gasteiger partial charge in [-0.15, -0.1) is 0 Å². The number of aromatic nitrogens is 3. The van der Waals surface area contributed by atoms with Crippen molar-refractivity contribution >= 4 is 31.1 Å². The van der Waals surface area contributed by atoms with Crippen molar-refractivity contribution in [1.29, 1.82) is 0 Å². The lowest BCUT2D eigenvalue weighted by Crippen LogP contribution is -2.43. The Hall–Kier alpha value is -3.01. The molecule has 0 amide bonds. The van der Waals surface area contributed by atoms with E-state index in [1.165, 1.54) is 19.1 Å². The number of nitrogens with two attached hydrogens (primary N) is 1. The number of para-hydroxylation sites is 1. The first-order chi connectivity index (χ1) is 19.1. The molecule has 1 saturated heterocycles. The molecule has 15 heteroatoms. The van der Waals surface area contributed by atoms with E-state index < -0.39 is 74.0 Å². The van der Waals surface area contributed by atoms with Crippen molar-refractivity contribution in [3.8, 4) is 17.6 Å². The molecule has 2 heterocycles. The van der Waals surface area contributed by atoms with Gasteiger partial charge in [0.2, 0.25) is 5.95 Å². The molecule has 0 spiro atoms. The maximum Gasteiger partial charge on any atom is 0.380 e. The second-order valence-electron chi connectivity index (χ2n) is 8.76. The summed E-state index contributed by atoms with van der Waals surface area (Å²) in [6.45, 7) is 0.286. The first-order valence-corrected chi connectivity index (χ1v) is 13.8. The van der Waals surface area contributed by atoms with Gasteiger partial charge in [-0.05, 0) is 26.0 Å². The molecule has 3 rings (SSSR count). The Morgan fingerprint density at radius 3 is 2.72 bits per heavy atom. The molecule has 0 radical (unpaired) electrons. The number of hydrogen-bond acceptors (Lipinski definition) is 11. The molecule has 3 N–H and O–H groups in total. The number of benzene rings is 1. The second-order valence-corrected chi connectivity index (χ2v) is 11.3. The first kappa shape index (κ1) is 27.6. The van der Waals surface area contributed by atoms with Gasteiger partial charge < -0.3 is 24.8 Å². The van der Waals surface area contributed by atoms with Crippen LogP contribution in [0.1, 0.15) is 29.7 Å². The van der Waals surface area contributed by atoms with Crippen LogP contribution in [0.25, 0.3) is 0 Å². The summed E-state index contributed by atoms with van der Waals surface area (Å²) in [6.07, 6.45) is -6.17. The van der Waals surface area contributed by atoms with Crippen molar-refractivity contribution in [2.45, 2.75) is 50.2 Å². The third-order valence-corrected chi connectivity index (χ3v) is 7.62. The van der Waals surface area contributed by atoms with Gasteiger partial charge in [0, 0.05) is 0 Å². The van der Waals surface area contributed by atoms with E-state index in [-0.39, 0.29) is 11.7 Å². The summed E-state index contributed by atoms with van der Waals surface area (Å²) in [5, 5.41) is 11.1. The van der Waals surface area contributed by atoms with E-state index in [1.807, 2.05) is 5.92 Å². The van der Waals surface area contributed by atoms with Gasteiger partial charge in [0.1, 0.15) is 31.0 Å². The van der Waals surface area contributed by atoms with E-state index in [1.54, 1.807) is 32.0 Å². The Labute approximate surface area is 231 Å². The number of anilines is 1. The number of aliphatic hydroxyl groups is 1. The Bertz CT molecular complexity index is 1410. The standard InChI is InChI=1S/C24H29ClFN4O8P/c1-15(2)36-20(32)16(3)13-39(34,38-17-8-5-4-6-9-17)35-12-18-19(31)24(25,10-7-11-26)21(37-18)30-14-28-22(27)29-23(30)33/h4-6,8-9,14-16,18-19,21,31H,11-13H2,1-3H3,(H2,27,29,33)/t16-,18-,19+,21-,24?,39+/m1/s1/i12D2. The molecule has 1 aliphatic rings. The number of carbonyl (C=O) groups is 1. The van der Waals surface area contributed by atoms with Crippen molar-refractivity contribution in [1.82, 2.24) is 14.5 Å². The van der Waals surface area contributed by atoms with Crippen LogP contribution >= 0.6 is 19.2 Å². The normalized spacial score (nSPS) is 26.0. The maximum atomic E-state index is 14.0. The molecule has 2 aromatic rings. The van der Waals surface area contributed by atoms with Crippen molar-refractivity contribution in [2.24, 2.45) is 5.92 Å². The number of esters is 1. The fraction of sp³-hybridized carbons (Fsp3) is 0.500. The topological polar surface area (TPSA) is 165 Å². The molecular formula is C24H29ClFN4O8P. The number of hydrogen-bond donors (Lipinski definition) is 2. The maximum absolute atomic E-state index is 14.0. The van der Waals surface area contributed by atoms with E-state index in [9.17, 15) is 23.7 Å². The van der Waals surface area contributed by atoms with Crippen LogP contribution < -0.4 is 15.9 Å². The van der Waals surface area contributed by atoms with Gasteiger partial charge in [-0.25, -0.2) is 18.7 Å². The molecule has 1 aromatic heterocycles. The minimum atomic E-state index is -4.58. The average Bonchev–Trinajstić information content (AvgIpc) is 3.13. The van der Waals surface area contributed by atoms with E-state index >= 15 is 0 Å². The van der Waals surface area contributed by atoms with Crippen LogP contribution in [0.5, 0.6) is 5.75 Å². The predicted octanol–water partition coefficient (Wildman–Crippen LogP) is 2.31. The number of rotatable bonds is 10. The van der Waals surface area contributed by atoms with Crippen LogP contribution in [-0.2, 0) is 23.4 Å². The highest BCUT2D eigenvalue weighted by atomic mass is 35.5. The van der Waals surface area contributed by atoms with Gasteiger partial charge in [0.15, 0.2) is 11.1 Å². The molecule has 1 aliphatic heterocycles. The number of ether oxygens (including phenoxy) is 2. The minimum Gasteiger partial charge on any atom is -0.463 e. The van der Waals surface area contributed by atoms with Gasteiger partial charge in [0.25, 0.3) is 0 Å². The lowest BCUT2D eigenvalue weighted by molar-refractivity contribution is -0.151. The summed E-state index contributed by atoms with van der Waals surface area (Å²) < 4.78 is 66.6. The molecule has 12 nitrogen and oxygen atoms in total. The van der Waals surface area contributed by atoms with Gasteiger partial charge in [-0.1, -0.05) is 48.6 Å². The summed E-state index contributed by atoms with van der Waals surface area (Å²) in [7, 11) is -4.58. The molecular weight excluding hydrogens is 558 g/mol. The molecule has 0 saturated carbocycles. The quantitative estimate of drug-likeness (QED) is 0.181. The van der Waals surface area contributed by atoms with E-state index in [4.69, 9.17) is 38.6 Å². The summed E-state index contributed by atoms with van der Waals surface area (Å²) in [4.78, 5) is 29.8. The van der Waals surface area contributed by atoms with Crippen molar-refractivity contribution in [3.05, 3.63) is 47.1 Å². The Morgan fingerprint density at radius 2 is 2.10 bits per heavy atom. The van der Waals surface area contributed by atoms with Gasteiger partial charge in [0.05, 0.1) is 27.5 Å². The lowest BCUT2D eigenvalue weighted by atomic mass is 9.99. The van der Waals surface area contributed by atoms with Gasteiger partial charge in [-0.2, -0.15) is 4.98 Å². The van der Waals surface area contributed by atoms with Gasteiger partial charge in [-0.3, -0.25) is 13.9 Å². The first-order valence-electron chi connectivity index (χ1n) is 12.7. The van der Waals surface area contributed by atoms with Crippen LogP contribution in [0, 0.1) is 17.8 Å². The van der Waals surface area contributed by atoms with Crippen molar-refractivity contribution in [2.75, 3.05) is 25.1 Å². The molecule has 0 bridgehead atoms. The highest BCUT2D eigenvalue weighted by Gasteiger charge is 2.56. The van der Waals surface area contributed by atoms with Crippen LogP contribution in [0.2, 0.25) is 0 Å². The van der Waals surface area contributed by atoms with E-state index in [0.717, 1.165) is 6.33 Å². The Balaban J connectivity index is 2.00. The lowest BCUT2D eigenvalue weighted by Gasteiger charge is -2.25. The summed E-state index contributed by atoms with van der Waals surface area (Å²) in [6, 6.07) is 7.66. The number of nitrogen functional groups attached to an aromatic ring is 1. The molecule has 1 unspecified atom stereocenters. The zero-order valence-corrected chi connectivity index (χ0v) is 22.8. The summed E-state index contributed by atoms with van der Waals surface area (Å²) in [5.41, 5.74) is 4.38. The minimum absolute atomic E-state index is 0.0351. The molecule has 39 heavy (non-hydrogen) atoms. The summed E-state index contributed by atoms with van der Waals surface area (Å²) in [5.74, 6) is 2.13. The number of aliphatic hydroxyl groups excluding tert-OH is 1. The van der Waals surface area contributed by atoms with Crippen LogP contribution in [-0.4, -0.2) is 68.2 Å². The van der Waals surface area contributed by atoms with Crippen LogP contribution in [0.4, 0.5) is 10.3 Å². The largest absolute Gasteiger partial charge is 0.463 e. The third kappa shape index (κ3) is 7.56. The number of carbonyl (C=O) groups excluding carboxylic acids is 1. The van der Waals surface area contributed by atoms with Gasteiger partial charge >= 0.3 is 19.3 Å². The number of alkyl halides is 2. The van der Waals surface area contributed by atoms with E-state index in [2.05, 4.69) is 15.9 Å². The van der Waals surface area contributed by atoms with Crippen LogP contribution in [0.3, 0.4) is 0 Å². The predicted molar refractivity (Wildman–Crippen MR) is 139 cm³/mol. The highest BCUT2D eigenvalue weighted by molar-refractivity contribution is 7.54. The average molecular weight is 589 g/mol. The van der Waals surface area contributed by atoms with Crippen LogP contribution in [0.15, 0.2) is 41.5 Å². The Kier molecular flexibility index (Phi) is 9.11. The number of nitrogens with zero attached hydrogens (tertiary/aromatic N) is 3. The molecule has 1 fully saturated rings. The van der Waals surface area contributed by atoms with Crippen molar-refractivity contribution < 1.29 is 40.1 Å². The molecule has 0 aliphatic carbocycles. The molecule has 1 aromatic carbocycles. The molecule has 212 valence electrons. The monoisotopic (exact) mass is 588 g/mol. The molecule has 6 atom stereocenters. The zero-order chi connectivity index (χ0) is 30.6. The third-order valence-electron chi connectivity index (χ3n) is 5.24. The number of halogens is 2. The fourth-order valence-corrected chi connectivity index (χ4v) is 5.54. The fourth-order valence-electron chi connectivity index (χ4n) is 3.49. The van der Waals surface area contributed by atoms with E-state index in [0.29, 0.717) is 4.57 Å². The summed E-state index contributed by atoms with van der Waals surface area (Å²) >= 11 is 6.54.